The van der Waals surface area contributed by atoms with Gasteiger partial charge < -0.3 is 5.32 Å². The molecular weight excluding hydrogens is 122 g/mol. The van der Waals surface area contributed by atoms with Crippen LogP contribution in [0, 0.1) is 0 Å². The van der Waals surface area contributed by atoms with Gasteiger partial charge in [0.15, 0.2) is 0 Å². The average Bonchev–Trinajstić information content (AvgIpc) is 1.67. The fourth-order valence-electron chi connectivity index (χ4n) is 0.136. The lowest BCUT2D eigenvalue weighted by atomic mass is 10.4. The summed E-state index contributed by atoms with van der Waals surface area (Å²) in [5.74, 6) is 0. The lowest BCUT2D eigenvalue weighted by Crippen LogP contribution is -2.19. The van der Waals surface area contributed by atoms with E-state index in [-0.39, 0.29) is 12.2 Å². The highest BCUT2D eigenvalue weighted by Crippen LogP contribution is 1.67. The van der Waals surface area contributed by atoms with Gasteiger partial charge in [0.1, 0.15) is 0 Å². The molecule has 0 saturated carbocycles. The zero-order valence-electron chi connectivity index (χ0n) is 5.38. The van der Waals surface area contributed by atoms with E-state index < -0.39 is 0 Å². The third kappa shape index (κ3) is 47.1. The number of amides is 1. The molecule has 0 saturated heterocycles. The minimum Gasteiger partial charge on any atom is -0.357 e. The lowest BCUT2D eigenvalue weighted by molar-refractivity contribution is -0.191. The molecule has 0 aromatic carbocycles. The largest absolute Gasteiger partial charge is 0.373 e. The summed E-state index contributed by atoms with van der Waals surface area (Å²) in [4.78, 5) is 25.8. The number of carbonyl (C=O) groups excluding carboxylic acids is 3. The summed E-state index contributed by atoms with van der Waals surface area (Å²) in [5.41, 5.74) is 0. The van der Waals surface area contributed by atoms with Gasteiger partial charge >= 0.3 is 6.15 Å². The van der Waals surface area contributed by atoms with Crippen LogP contribution in [0.15, 0.2) is 0 Å². The van der Waals surface area contributed by atoms with Crippen LogP contribution < -0.4 is 5.32 Å². The van der Waals surface area contributed by atoms with Gasteiger partial charge in [0.2, 0.25) is 6.41 Å². The Morgan fingerprint density at radius 3 is 1.78 bits per heavy atom. The Labute approximate surface area is 53.2 Å². The second kappa shape index (κ2) is 9.97. The quantitative estimate of drug-likeness (QED) is 0.516. The number of hydrogen-bond donors (Lipinski definition) is 1. The first kappa shape index (κ1) is 10.8. The Hall–Kier alpha value is -1.15. The van der Waals surface area contributed by atoms with Crippen molar-refractivity contribution >= 4 is 12.6 Å². The van der Waals surface area contributed by atoms with Crippen LogP contribution in [0.4, 0.5) is 0 Å². The Morgan fingerprint density at radius 2 is 1.78 bits per heavy atom. The van der Waals surface area contributed by atoms with E-state index >= 15 is 0 Å². The van der Waals surface area contributed by atoms with Gasteiger partial charge in [-0.15, -0.1) is 0 Å². The van der Waals surface area contributed by atoms with Crippen LogP contribution in [0.1, 0.15) is 13.8 Å². The topological polar surface area (TPSA) is 63.2 Å². The first-order chi connectivity index (χ1) is 4.18. The Bertz CT molecular complexity index is 94.4. The minimum absolute atomic E-state index is 0.250. The fourth-order valence-corrected chi connectivity index (χ4v) is 0.136. The van der Waals surface area contributed by atoms with E-state index in [1.165, 1.54) is 0 Å². The average molecular weight is 131 g/mol. The molecule has 0 aliphatic rings. The summed E-state index contributed by atoms with van der Waals surface area (Å²) in [7, 11) is 0. The number of carbonyl (C=O) groups is 1. The molecule has 0 fully saturated rings. The molecule has 4 nitrogen and oxygen atoms in total. The van der Waals surface area contributed by atoms with Gasteiger partial charge in [-0.2, -0.15) is 9.59 Å². The van der Waals surface area contributed by atoms with Crippen molar-refractivity contribution in [3.63, 3.8) is 0 Å². The molecule has 0 bridgehead atoms. The second-order valence-corrected chi connectivity index (χ2v) is 1.52. The van der Waals surface area contributed by atoms with E-state index in [1.807, 2.05) is 13.8 Å². The molecule has 9 heavy (non-hydrogen) atoms. The van der Waals surface area contributed by atoms with Crippen molar-refractivity contribution in [3.05, 3.63) is 0 Å². The molecule has 0 radical (unpaired) electrons. The fraction of sp³-hybridized carbons (Fsp3) is 0.600. The van der Waals surface area contributed by atoms with E-state index in [0.717, 1.165) is 0 Å². The maximum absolute atomic E-state index is 9.50. The molecule has 0 aromatic rings. The van der Waals surface area contributed by atoms with Crippen molar-refractivity contribution < 1.29 is 14.4 Å². The molecule has 1 N–H and O–H groups in total. The van der Waals surface area contributed by atoms with Crippen molar-refractivity contribution in [1.29, 1.82) is 0 Å². The van der Waals surface area contributed by atoms with Gasteiger partial charge in [-0.3, -0.25) is 4.79 Å². The molecule has 0 aliphatic heterocycles. The molecule has 4 heteroatoms. The van der Waals surface area contributed by atoms with Crippen LogP contribution in [0.2, 0.25) is 0 Å². The predicted octanol–water partition coefficient (Wildman–Crippen LogP) is -0.443. The van der Waals surface area contributed by atoms with Crippen LogP contribution in [0.5, 0.6) is 0 Å². The molecule has 0 aliphatic carbocycles. The number of hydrogen-bond acceptors (Lipinski definition) is 3. The first-order valence-corrected chi connectivity index (χ1v) is 2.38. The summed E-state index contributed by atoms with van der Waals surface area (Å²) >= 11 is 0. The predicted molar refractivity (Wildman–Crippen MR) is 29.3 cm³/mol. The molecule has 0 atom stereocenters. The van der Waals surface area contributed by atoms with Crippen molar-refractivity contribution in [2.45, 2.75) is 19.9 Å². The molecule has 0 aromatic heterocycles. The minimum atomic E-state index is 0.250. The number of rotatable bonds is 2. The van der Waals surface area contributed by atoms with Crippen LogP contribution >= 0.6 is 0 Å². The van der Waals surface area contributed by atoms with Gasteiger partial charge in [0, 0.05) is 6.04 Å². The molecule has 52 valence electrons. The molecule has 0 spiro atoms. The second-order valence-electron chi connectivity index (χ2n) is 1.52. The van der Waals surface area contributed by atoms with E-state index in [1.54, 1.807) is 0 Å². The number of nitrogens with one attached hydrogen (secondary N) is 1. The zero-order chi connectivity index (χ0) is 7.70. The molecule has 0 unspecified atom stereocenters. The van der Waals surface area contributed by atoms with E-state index in [0.29, 0.717) is 6.41 Å². The third-order valence-electron chi connectivity index (χ3n) is 0.401. The summed E-state index contributed by atoms with van der Waals surface area (Å²) in [6.07, 6.45) is 0.949. The van der Waals surface area contributed by atoms with Crippen molar-refractivity contribution in [1.82, 2.24) is 5.32 Å². The monoisotopic (exact) mass is 131 g/mol. The lowest BCUT2D eigenvalue weighted by Gasteiger charge is -1.96. The Balaban J connectivity index is 0. The normalized spacial score (nSPS) is 6.56. The van der Waals surface area contributed by atoms with Crippen LogP contribution in [0.25, 0.3) is 0 Å². The Kier molecular flexibility index (Phi) is 11.9. The van der Waals surface area contributed by atoms with Crippen LogP contribution in [-0.4, -0.2) is 18.6 Å². The van der Waals surface area contributed by atoms with Crippen molar-refractivity contribution in [3.8, 4) is 0 Å². The summed E-state index contributed by atoms with van der Waals surface area (Å²) in [6, 6.07) is 0.280. The third-order valence-corrected chi connectivity index (χ3v) is 0.401. The standard InChI is InChI=1S/C4H9NO.CO2/c1-4(2)5-3-6;2-1-3/h3-4H,1-2H3,(H,5,6);. The van der Waals surface area contributed by atoms with E-state index in [4.69, 9.17) is 9.59 Å². The SMILES string of the molecule is CC(C)NC=O.O=C=O. The summed E-state index contributed by atoms with van der Waals surface area (Å²) in [5, 5.41) is 2.53. The van der Waals surface area contributed by atoms with E-state index in [2.05, 4.69) is 5.32 Å². The van der Waals surface area contributed by atoms with Gasteiger partial charge in [-0.25, -0.2) is 0 Å². The molecule has 0 rings (SSSR count). The maximum atomic E-state index is 9.50. The maximum Gasteiger partial charge on any atom is 0.373 e. The zero-order valence-corrected chi connectivity index (χ0v) is 5.38. The molecule has 0 heterocycles. The molecular formula is C5H9NO3. The summed E-state index contributed by atoms with van der Waals surface area (Å²) < 4.78 is 0. The van der Waals surface area contributed by atoms with Crippen LogP contribution in [-0.2, 0) is 14.4 Å². The Morgan fingerprint density at radius 1 is 1.44 bits per heavy atom. The smallest absolute Gasteiger partial charge is 0.357 e. The highest BCUT2D eigenvalue weighted by molar-refractivity contribution is 5.46. The van der Waals surface area contributed by atoms with Crippen LogP contribution in [0.3, 0.4) is 0 Å². The van der Waals surface area contributed by atoms with Gasteiger partial charge in [0.25, 0.3) is 0 Å². The molecule has 1 amide bonds. The first-order valence-electron chi connectivity index (χ1n) is 2.38. The van der Waals surface area contributed by atoms with Crippen molar-refractivity contribution in [2.24, 2.45) is 0 Å². The van der Waals surface area contributed by atoms with E-state index in [9.17, 15) is 4.79 Å². The van der Waals surface area contributed by atoms with Crippen molar-refractivity contribution in [2.75, 3.05) is 0 Å². The van der Waals surface area contributed by atoms with Gasteiger partial charge in [-0.05, 0) is 13.8 Å². The summed E-state index contributed by atoms with van der Waals surface area (Å²) in [6.45, 7) is 3.82. The highest BCUT2D eigenvalue weighted by atomic mass is 16.2. The van der Waals surface area contributed by atoms with Gasteiger partial charge in [0.05, 0.1) is 0 Å². The highest BCUT2D eigenvalue weighted by Gasteiger charge is 1.81. The van der Waals surface area contributed by atoms with Gasteiger partial charge in [-0.1, -0.05) is 0 Å².